The van der Waals surface area contributed by atoms with Crippen molar-refractivity contribution in [2.75, 3.05) is 33.2 Å². The molecule has 0 aliphatic carbocycles. The van der Waals surface area contributed by atoms with Crippen LogP contribution in [0.3, 0.4) is 0 Å². The maximum atomic E-state index is 12.7. The summed E-state index contributed by atoms with van der Waals surface area (Å²) in [5.41, 5.74) is 1.07. The molecule has 2 aliphatic rings. The Morgan fingerprint density at radius 3 is 2.67 bits per heavy atom. The maximum Gasteiger partial charge on any atom is 0.247 e. The van der Waals surface area contributed by atoms with Gasteiger partial charge in [0.1, 0.15) is 0 Å². The number of hydrogen-bond donors (Lipinski definition) is 2. The number of nitrogens with zero attached hydrogens (tertiary/aromatic N) is 2. The molecule has 132 valence electrons. The third kappa shape index (κ3) is 4.05. The van der Waals surface area contributed by atoms with E-state index in [-0.39, 0.29) is 17.4 Å². The van der Waals surface area contributed by atoms with Crippen molar-refractivity contribution in [2.45, 2.75) is 31.8 Å². The van der Waals surface area contributed by atoms with E-state index in [4.69, 9.17) is 0 Å². The predicted molar refractivity (Wildman–Crippen MR) is 91.7 cm³/mol. The Balaban J connectivity index is 1.51. The Kier molecular flexibility index (Phi) is 5.36. The number of piperidine rings is 2. The molecule has 0 aromatic carbocycles. The number of pyridine rings is 1. The molecule has 2 N–H and O–H groups in total. The van der Waals surface area contributed by atoms with Gasteiger partial charge in [0.15, 0.2) is 0 Å². The fraction of sp³-hybridized carbons (Fsp3) is 0.667. The lowest BCUT2D eigenvalue weighted by atomic mass is 9.88. The van der Waals surface area contributed by atoms with Crippen LogP contribution in [-0.2, 0) is 11.2 Å². The molecule has 6 nitrogen and oxygen atoms in total. The van der Waals surface area contributed by atoms with E-state index in [1.54, 1.807) is 12.3 Å². The van der Waals surface area contributed by atoms with Gasteiger partial charge in [-0.25, -0.2) is 0 Å². The third-order valence-corrected chi connectivity index (χ3v) is 5.40. The molecule has 2 atom stereocenters. The Morgan fingerprint density at radius 1 is 1.25 bits per heavy atom. The molecule has 1 aromatic rings. The maximum absolute atomic E-state index is 12.7. The van der Waals surface area contributed by atoms with Crippen LogP contribution in [0.1, 0.15) is 24.8 Å². The quantitative estimate of drug-likeness (QED) is 0.843. The summed E-state index contributed by atoms with van der Waals surface area (Å²) >= 11 is 0. The van der Waals surface area contributed by atoms with E-state index >= 15 is 0 Å². The molecule has 3 rings (SSSR count). The predicted octanol–water partition coefficient (Wildman–Crippen LogP) is 0.469. The highest BCUT2D eigenvalue weighted by Gasteiger charge is 2.35. The minimum atomic E-state index is -0.507. The van der Waals surface area contributed by atoms with Crippen molar-refractivity contribution in [1.29, 1.82) is 0 Å². The molecule has 0 bridgehead atoms. The Morgan fingerprint density at radius 2 is 2.00 bits per heavy atom. The van der Waals surface area contributed by atoms with E-state index in [2.05, 4.69) is 9.88 Å². The van der Waals surface area contributed by atoms with Crippen LogP contribution in [0, 0.1) is 11.8 Å². The van der Waals surface area contributed by atoms with Crippen molar-refractivity contribution < 1.29 is 9.90 Å². The lowest BCUT2D eigenvalue weighted by molar-refractivity contribution is -0.143. The molecule has 2 aliphatic heterocycles. The topological polar surface area (TPSA) is 76.6 Å². The van der Waals surface area contributed by atoms with Crippen LogP contribution in [0.5, 0.6) is 0 Å². The molecule has 2 fully saturated rings. The van der Waals surface area contributed by atoms with Crippen molar-refractivity contribution in [2.24, 2.45) is 11.8 Å². The second kappa shape index (κ2) is 7.49. The SMILES string of the molecule is CN1CC[C@@H](O)[C@H](C(=O)N2CCC(Cc3ccc(=O)[nH]c3)CC2)C1. The first-order chi connectivity index (χ1) is 11.5. The van der Waals surface area contributed by atoms with Crippen LogP contribution >= 0.6 is 0 Å². The van der Waals surface area contributed by atoms with Gasteiger partial charge < -0.3 is 19.9 Å². The fourth-order valence-corrected chi connectivity index (χ4v) is 3.84. The van der Waals surface area contributed by atoms with E-state index in [0.717, 1.165) is 44.5 Å². The van der Waals surface area contributed by atoms with Crippen LogP contribution in [0.15, 0.2) is 23.1 Å². The molecular formula is C18H27N3O3. The molecule has 0 unspecified atom stereocenters. The highest BCUT2D eigenvalue weighted by atomic mass is 16.3. The van der Waals surface area contributed by atoms with E-state index < -0.39 is 6.10 Å². The summed E-state index contributed by atoms with van der Waals surface area (Å²) in [6.45, 7) is 3.03. The van der Waals surface area contributed by atoms with Gasteiger partial charge in [-0.2, -0.15) is 0 Å². The highest BCUT2D eigenvalue weighted by Crippen LogP contribution is 2.25. The lowest BCUT2D eigenvalue weighted by Crippen LogP contribution is -2.51. The molecule has 2 saturated heterocycles. The summed E-state index contributed by atoms with van der Waals surface area (Å²) in [4.78, 5) is 30.6. The zero-order valence-corrected chi connectivity index (χ0v) is 14.3. The van der Waals surface area contributed by atoms with Crippen LogP contribution in [0.2, 0.25) is 0 Å². The minimum Gasteiger partial charge on any atom is -0.392 e. The number of aromatic nitrogens is 1. The third-order valence-electron chi connectivity index (χ3n) is 5.40. The molecule has 6 heteroatoms. The van der Waals surface area contributed by atoms with Crippen molar-refractivity contribution in [1.82, 2.24) is 14.8 Å². The highest BCUT2D eigenvalue weighted by molar-refractivity contribution is 5.80. The van der Waals surface area contributed by atoms with Gasteiger partial charge in [0.25, 0.3) is 0 Å². The van der Waals surface area contributed by atoms with Crippen LogP contribution in [0.4, 0.5) is 0 Å². The summed E-state index contributed by atoms with van der Waals surface area (Å²) in [5.74, 6) is 0.370. The largest absolute Gasteiger partial charge is 0.392 e. The summed E-state index contributed by atoms with van der Waals surface area (Å²) < 4.78 is 0. The van der Waals surface area contributed by atoms with E-state index in [1.165, 1.54) is 0 Å². The molecule has 1 amide bonds. The van der Waals surface area contributed by atoms with E-state index in [1.807, 2.05) is 18.0 Å². The average Bonchev–Trinajstić information content (AvgIpc) is 2.59. The molecule has 0 radical (unpaired) electrons. The van der Waals surface area contributed by atoms with Crippen molar-refractivity contribution in [3.8, 4) is 0 Å². The number of H-pyrrole nitrogens is 1. The Hall–Kier alpha value is -1.66. The Bertz CT molecular complexity index is 602. The number of amides is 1. The normalized spacial score (nSPS) is 26.5. The van der Waals surface area contributed by atoms with Gasteiger partial charge >= 0.3 is 0 Å². The molecule has 1 aromatic heterocycles. The molecular weight excluding hydrogens is 306 g/mol. The number of rotatable bonds is 3. The van der Waals surface area contributed by atoms with Gasteiger partial charge in [-0.1, -0.05) is 6.07 Å². The number of aliphatic hydroxyl groups is 1. The summed E-state index contributed by atoms with van der Waals surface area (Å²) in [6, 6.07) is 3.44. The zero-order valence-electron chi connectivity index (χ0n) is 14.3. The number of aliphatic hydroxyl groups excluding tert-OH is 1. The first kappa shape index (κ1) is 17.2. The van der Waals surface area contributed by atoms with Gasteiger partial charge in [-0.3, -0.25) is 9.59 Å². The van der Waals surface area contributed by atoms with Crippen LogP contribution in [0.25, 0.3) is 0 Å². The smallest absolute Gasteiger partial charge is 0.247 e. The van der Waals surface area contributed by atoms with Gasteiger partial charge in [-0.05, 0) is 44.2 Å². The van der Waals surface area contributed by atoms with E-state index in [0.29, 0.717) is 18.9 Å². The average molecular weight is 333 g/mol. The second-order valence-electron chi connectivity index (χ2n) is 7.26. The lowest BCUT2D eigenvalue weighted by Gasteiger charge is -2.39. The number of hydrogen-bond acceptors (Lipinski definition) is 4. The molecule has 24 heavy (non-hydrogen) atoms. The van der Waals surface area contributed by atoms with Crippen molar-refractivity contribution in [3.05, 3.63) is 34.2 Å². The summed E-state index contributed by atoms with van der Waals surface area (Å²) in [7, 11) is 2.00. The number of likely N-dealkylation sites (tertiary alicyclic amines) is 2. The first-order valence-electron chi connectivity index (χ1n) is 8.86. The standard InChI is InChI=1S/C18H27N3O3/c1-20-7-6-16(22)15(12-20)18(24)21-8-4-13(5-9-21)10-14-2-3-17(23)19-11-14/h2-3,11,13,15-16,22H,4-10,12H2,1H3,(H,19,23)/t15-,16-/m1/s1. The summed E-state index contributed by atoms with van der Waals surface area (Å²) in [5, 5.41) is 10.2. The second-order valence-corrected chi connectivity index (χ2v) is 7.26. The summed E-state index contributed by atoms with van der Waals surface area (Å²) in [6.07, 6.45) is 4.84. The molecule has 0 saturated carbocycles. The first-order valence-corrected chi connectivity index (χ1v) is 8.86. The minimum absolute atomic E-state index is 0.0739. The number of carbonyl (C=O) groups is 1. The number of carbonyl (C=O) groups excluding carboxylic acids is 1. The molecule has 3 heterocycles. The van der Waals surface area contributed by atoms with Crippen LogP contribution in [-0.4, -0.2) is 65.1 Å². The van der Waals surface area contributed by atoms with Gasteiger partial charge in [0.2, 0.25) is 11.5 Å². The van der Waals surface area contributed by atoms with E-state index in [9.17, 15) is 14.7 Å². The number of nitrogens with one attached hydrogen (secondary N) is 1. The van der Waals surface area contributed by atoms with Crippen molar-refractivity contribution in [3.63, 3.8) is 0 Å². The van der Waals surface area contributed by atoms with Crippen molar-refractivity contribution >= 4 is 5.91 Å². The monoisotopic (exact) mass is 333 g/mol. The number of aromatic amines is 1. The van der Waals surface area contributed by atoms with Gasteiger partial charge in [0, 0.05) is 38.4 Å². The zero-order chi connectivity index (χ0) is 17.1. The van der Waals surface area contributed by atoms with Gasteiger partial charge in [-0.15, -0.1) is 0 Å². The Labute approximate surface area is 142 Å². The van der Waals surface area contributed by atoms with Gasteiger partial charge in [0.05, 0.1) is 12.0 Å². The van der Waals surface area contributed by atoms with Crippen LogP contribution < -0.4 is 5.56 Å². The molecule has 0 spiro atoms. The fourth-order valence-electron chi connectivity index (χ4n) is 3.84.